The van der Waals surface area contributed by atoms with Gasteiger partial charge in [0.15, 0.2) is 11.5 Å². The molecule has 1 atom stereocenters. The molecule has 2 amide bonds. The molecule has 2 aromatic rings. The average Bonchev–Trinajstić information content (AvgIpc) is 3.01. The van der Waals surface area contributed by atoms with Gasteiger partial charge in [-0.05, 0) is 30.9 Å². The maximum absolute atomic E-state index is 12.3. The van der Waals surface area contributed by atoms with Crippen LogP contribution in [0.2, 0.25) is 0 Å². The first-order chi connectivity index (χ1) is 11.4. The fourth-order valence-corrected chi connectivity index (χ4v) is 2.54. The lowest BCUT2D eigenvalue weighted by Gasteiger charge is -2.27. The topological polar surface area (TPSA) is 91.5 Å². The van der Waals surface area contributed by atoms with Crippen LogP contribution in [0, 0.1) is 5.92 Å². The Bertz CT molecular complexity index is 678. The normalized spacial score (nSPS) is 13.2. The molecule has 24 heavy (non-hydrogen) atoms. The standard InChI is InChI=1S/C17H27N5O2/c1-5-17(24,6-2)11-18-16(23)19-14(12(3)4)15-21-20-13-9-7-8-10-22(13)15/h7-10,12,14,24H,5-6,11H2,1-4H3,(H2,18,19,23). The predicted molar refractivity (Wildman–Crippen MR) is 92.6 cm³/mol. The molecule has 2 heterocycles. The number of nitrogens with zero attached hydrogens (tertiary/aromatic N) is 3. The number of carbonyl (C=O) groups is 1. The van der Waals surface area contributed by atoms with E-state index in [4.69, 9.17) is 0 Å². The molecule has 0 bridgehead atoms. The smallest absolute Gasteiger partial charge is 0.315 e. The van der Waals surface area contributed by atoms with Crippen LogP contribution in [0.4, 0.5) is 4.79 Å². The molecule has 0 aliphatic rings. The fraction of sp³-hybridized carbons (Fsp3) is 0.588. The van der Waals surface area contributed by atoms with Gasteiger partial charge in [0.05, 0.1) is 11.6 Å². The summed E-state index contributed by atoms with van der Waals surface area (Å²) in [6.45, 7) is 8.06. The van der Waals surface area contributed by atoms with Gasteiger partial charge in [-0.2, -0.15) is 0 Å². The molecule has 0 radical (unpaired) electrons. The number of aromatic nitrogens is 3. The summed E-state index contributed by atoms with van der Waals surface area (Å²) < 4.78 is 1.87. The average molecular weight is 333 g/mol. The monoisotopic (exact) mass is 333 g/mol. The molecule has 7 nitrogen and oxygen atoms in total. The fourth-order valence-electron chi connectivity index (χ4n) is 2.54. The lowest BCUT2D eigenvalue weighted by Crippen LogP contribution is -2.47. The van der Waals surface area contributed by atoms with Crippen molar-refractivity contribution in [2.24, 2.45) is 5.92 Å². The van der Waals surface area contributed by atoms with Crippen molar-refractivity contribution in [1.29, 1.82) is 0 Å². The van der Waals surface area contributed by atoms with Crippen molar-refractivity contribution in [1.82, 2.24) is 25.2 Å². The van der Waals surface area contributed by atoms with E-state index in [1.807, 2.05) is 56.5 Å². The third-order valence-electron chi connectivity index (χ3n) is 4.47. The van der Waals surface area contributed by atoms with Crippen molar-refractivity contribution in [2.75, 3.05) is 6.54 Å². The van der Waals surface area contributed by atoms with Crippen molar-refractivity contribution in [3.63, 3.8) is 0 Å². The third-order valence-corrected chi connectivity index (χ3v) is 4.47. The molecular formula is C17H27N5O2. The van der Waals surface area contributed by atoms with Crippen LogP contribution in [-0.4, -0.2) is 37.9 Å². The van der Waals surface area contributed by atoms with Gasteiger partial charge in [0.2, 0.25) is 0 Å². The van der Waals surface area contributed by atoms with Gasteiger partial charge < -0.3 is 15.7 Å². The lowest BCUT2D eigenvalue weighted by atomic mass is 9.98. The van der Waals surface area contributed by atoms with Gasteiger partial charge in [-0.25, -0.2) is 4.79 Å². The largest absolute Gasteiger partial charge is 0.388 e. The molecule has 3 N–H and O–H groups in total. The zero-order chi connectivity index (χ0) is 17.7. The molecule has 0 fully saturated rings. The van der Waals surface area contributed by atoms with E-state index in [-0.39, 0.29) is 24.5 Å². The summed E-state index contributed by atoms with van der Waals surface area (Å²) in [6, 6.07) is 5.07. The minimum absolute atomic E-state index is 0.139. The van der Waals surface area contributed by atoms with E-state index in [1.165, 1.54) is 0 Å². The highest BCUT2D eigenvalue weighted by Crippen LogP contribution is 2.20. The number of aliphatic hydroxyl groups is 1. The molecule has 0 aromatic carbocycles. The van der Waals surface area contributed by atoms with Crippen LogP contribution in [0.1, 0.15) is 52.4 Å². The SMILES string of the molecule is CCC(O)(CC)CNC(=O)NC(c1nnc2ccccn12)C(C)C. The van der Waals surface area contributed by atoms with Crippen LogP contribution >= 0.6 is 0 Å². The van der Waals surface area contributed by atoms with Gasteiger partial charge in [-0.1, -0.05) is 33.8 Å². The predicted octanol–water partition coefficient (Wildman–Crippen LogP) is 2.28. The Balaban J connectivity index is 2.10. The summed E-state index contributed by atoms with van der Waals surface area (Å²) in [7, 11) is 0. The van der Waals surface area contributed by atoms with Gasteiger partial charge in [-0.15, -0.1) is 10.2 Å². The molecule has 0 aliphatic heterocycles. The molecule has 2 rings (SSSR count). The van der Waals surface area contributed by atoms with Gasteiger partial charge in [-0.3, -0.25) is 4.40 Å². The van der Waals surface area contributed by atoms with Gasteiger partial charge in [0, 0.05) is 12.7 Å². The quantitative estimate of drug-likeness (QED) is 0.725. The number of fused-ring (bicyclic) bond motifs is 1. The van der Waals surface area contributed by atoms with Gasteiger partial charge in [0.1, 0.15) is 0 Å². The number of rotatable bonds is 7. The Labute approximate surface area is 142 Å². The van der Waals surface area contributed by atoms with E-state index in [1.54, 1.807) is 0 Å². The van der Waals surface area contributed by atoms with Crippen molar-refractivity contribution in [3.05, 3.63) is 30.2 Å². The molecular weight excluding hydrogens is 306 g/mol. The maximum Gasteiger partial charge on any atom is 0.315 e. The van der Waals surface area contributed by atoms with Crippen LogP contribution < -0.4 is 10.6 Å². The summed E-state index contributed by atoms with van der Waals surface area (Å²) in [5.41, 5.74) is -0.127. The Morgan fingerprint density at radius 3 is 2.62 bits per heavy atom. The molecule has 0 saturated carbocycles. The molecule has 132 valence electrons. The molecule has 2 aromatic heterocycles. The molecule has 1 unspecified atom stereocenters. The Hall–Kier alpha value is -2.15. The molecule has 0 spiro atoms. The first kappa shape index (κ1) is 18.2. The highest BCUT2D eigenvalue weighted by Gasteiger charge is 2.26. The summed E-state index contributed by atoms with van der Waals surface area (Å²) >= 11 is 0. The van der Waals surface area contributed by atoms with Crippen LogP contribution in [0.15, 0.2) is 24.4 Å². The number of hydrogen-bond acceptors (Lipinski definition) is 4. The minimum atomic E-state index is -0.869. The number of carbonyl (C=O) groups excluding carboxylic acids is 1. The van der Waals surface area contributed by atoms with E-state index >= 15 is 0 Å². The third kappa shape index (κ3) is 4.03. The van der Waals surface area contributed by atoms with Gasteiger partial charge >= 0.3 is 6.03 Å². The Kier molecular flexibility index (Phi) is 5.77. The van der Waals surface area contributed by atoms with E-state index < -0.39 is 5.60 Å². The van der Waals surface area contributed by atoms with E-state index in [0.717, 1.165) is 5.65 Å². The first-order valence-electron chi connectivity index (χ1n) is 8.46. The summed E-state index contributed by atoms with van der Waals surface area (Å²) in [4.78, 5) is 12.3. The number of amides is 2. The second-order valence-electron chi connectivity index (χ2n) is 6.47. The van der Waals surface area contributed by atoms with Crippen LogP contribution in [0.5, 0.6) is 0 Å². The summed E-state index contributed by atoms with van der Waals surface area (Å²) in [5.74, 6) is 0.830. The maximum atomic E-state index is 12.3. The minimum Gasteiger partial charge on any atom is -0.388 e. The lowest BCUT2D eigenvalue weighted by molar-refractivity contribution is 0.0348. The zero-order valence-corrected chi connectivity index (χ0v) is 14.8. The number of urea groups is 1. The Morgan fingerprint density at radius 2 is 2.00 bits per heavy atom. The van der Waals surface area contributed by atoms with Crippen LogP contribution in [0.25, 0.3) is 5.65 Å². The number of hydrogen-bond donors (Lipinski definition) is 3. The zero-order valence-electron chi connectivity index (χ0n) is 14.8. The molecule has 0 aliphatic carbocycles. The molecule has 0 saturated heterocycles. The molecule has 7 heteroatoms. The van der Waals surface area contributed by atoms with Crippen molar-refractivity contribution in [3.8, 4) is 0 Å². The summed E-state index contributed by atoms with van der Waals surface area (Å²) in [5, 5.41) is 24.4. The van der Waals surface area contributed by atoms with Crippen LogP contribution in [0.3, 0.4) is 0 Å². The van der Waals surface area contributed by atoms with Crippen LogP contribution in [-0.2, 0) is 0 Å². The van der Waals surface area contributed by atoms with E-state index in [0.29, 0.717) is 18.7 Å². The van der Waals surface area contributed by atoms with Gasteiger partial charge in [0.25, 0.3) is 0 Å². The van der Waals surface area contributed by atoms with E-state index in [2.05, 4.69) is 20.8 Å². The summed E-state index contributed by atoms with van der Waals surface area (Å²) in [6.07, 6.45) is 3.06. The number of nitrogens with one attached hydrogen (secondary N) is 2. The highest BCUT2D eigenvalue weighted by atomic mass is 16.3. The number of pyridine rings is 1. The first-order valence-corrected chi connectivity index (χ1v) is 8.46. The Morgan fingerprint density at radius 1 is 1.29 bits per heavy atom. The highest BCUT2D eigenvalue weighted by molar-refractivity contribution is 5.74. The second-order valence-corrected chi connectivity index (χ2v) is 6.47. The van der Waals surface area contributed by atoms with Crippen molar-refractivity contribution < 1.29 is 9.90 Å². The van der Waals surface area contributed by atoms with Crippen molar-refractivity contribution >= 4 is 11.7 Å². The van der Waals surface area contributed by atoms with E-state index in [9.17, 15) is 9.90 Å². The van der Waals surface area contributed by atoms with Crippen molar-refractivity contribution in [2.45, 2.75) is 52.2 Å². The second kappa shape index (κ2) is 7.61.